The molecule has 0 radical (unpaired) electrons. The summed E-state index contributed by atoms with van der Waals surface area (Å²) < 4.78 is 5.89. The lowest BCUT2D eigenvalue weighted by molar-refractivity contribution is 0.0960. The number of hydrogen-bond acceptors (Lipinski definition) is 3. The highest BCUT2D eigenvalue weighted by atomic mass is 16.5. The van der Waals surface area contributed by atoms with Crippen LogP contribution in [-0.4, -0.2) is 23.4 Å². The van der Waals surface area contributed by atoms with E-state index in [0.29, 0.717) is 30.0 Å². The van der Waals surface area contributed by atoms with Crippen molar-refractivity contribution in [3.8, 4) is 5.75 Å². The van der Waals surface area contributed by atoms with Crippen molar-refractivity contribution < 1.29 is 9.84 Å². The molecule has 0 saturated carbocycles. The summed E-state index contributed by atoms with van der Waals surface area (Å²) in [6.07, 6.45) is 6.62. The summed E-state index contributed by atoms with van der Waals surface area (Å²) in [6, 6.07) is 6.81. The van der Waals surface area contributed by atoms with E-state index in [1.165, 1.54) is 18.4 Å². The van der Waals surface area contributed by atoms with Crippen LogP contribution in [0.2, 0.25) is 0 Å². The molecule has 3 nitrogen and oxygen atoms in total. The average molecular weight is 245 g/mol. The van der Waals surface area contributed by atoms with E-state index in [2.05, 4.69) is 11.4 Å². The zero-order chi connectivity index (χ0) is 12.1. The lowest BCUT2D eigenvalue weighted by Gasteiger charge is -2.25. The van der Waals surface area contributed by atoms with Crippen LogP contribution in [0.25, 0.3) is 0 Å². The first kappa shape index (κ1) is 10.8. The van der Waals surface area contributed by atoms with Crippen LogP contribution in [0, 0.1) is 0 Å². The molecule has 0 amide bonds. The van der Waals surface area contributed by atoms with Crippen LogP contribution < -0.4 is 5.32 Å². The van der Waals surface area contributed by atoms with Gasteiger partial charge in [0.1, 0.15) is 5.75 Å². The van der Waals surface area contributed by atoms with Crippen LogP contribution in [0.4, 0.5) is 0 Å². The van der Waals surface area contributed by atoms with Crippen LogP contribution in [0.15, 0.2) is 18.2 Å². The van der Waals surface area contributed by atoms with Gasteiger partial charge >= 0.3 is 0 Å². The van der Waals surface area contributed by atoms with Gasteiger partial charge in [0.15, 0.2) is 0 Å². The SMILES string of the molecule is Oc1cccc2c1CCC2NC1CC2CCC1O2. The van der Waals surface area contributed by atoms with Crippen molar-refractivity contribution in [3.63, 3.8) is 0 Å². The Labute approximate surface area is 107 Å². The molecule has 96 valence electrons. The standard InChI is InChI=1S/C15H19NO2/c17-14-3-1-2-10-11(14)5-6-12(10)16-13-8-9-4-7-15(13)18-9/h1-3,9,12-13,15-17H,4-8H2. The van der Waals surface area contributed by atoms with Gasteiger partial charge in [0.25, 0.3) is 0 Å². The second-order valence-electron chi connectivity index (χ2n) is 5.82. The summed E-state index contributed by atoms with van der Waals surface area (Å²) in [5.74, 6) is 0.459. The Hall–Kier alpha value is -1.06. The fourth-order valence-corrected chi connectivity index (χ4v) is 3.88. The number of ether oxygens (including phenoxy) is 1. The Kier molecular flexibility index (Phi) is 2.39. The van der Waals surface area contributed by atoms with Crippen molar-refractivity contribution in [2.75, 3.05) is 0 Å². The van der Waals surface area contributed by atoms with Crippen molar-refractivity contribution in [3.05, 3.63) is 29.3 Å². The second kappa shape index (κ2) is 3.97. The smallest absolute Gasteiger partial charge is 0.119 e. The van der Waals surface area contributed by atoms with Crippen molar-refractivity contribution in [1.29, 1.82) is 0 Å². The third kappa shape index (κ3) is 1.57. The van der Waals surface area contributed by atoms with E-state index in [0.717, 1.165) is 24.8 Å². The molecule has 2 heterocycles. The highest BCUT2D eigenvalue weighted by Gasteiger charge is 2.42. The molecule has 2 N–H and O–H groups in total. The topological polar surface area (TPSA) is 41.5 Å². The van der Waals surface area contributed by atoms with E-state index in [9.17, 15) is 5.11 Å². The summed E-state index contributed by atoms with van der Waals surface area (Å²) in [5, 5.41) is 13.6. The molecule has 2 aliphatic heterocycles. The molecule has 3 aliphatic rings. The Morgan fingerprint density at radius 1 is 1.22 bits per heavy atom. The predicted octanol–water partition coefficient (Wildman–Crippen LogP) is 2.29. The van der Waals surface area contributed by atoms with Gasteiger partial charge in [-0.15, -0.1) is 0 Å². The number of phenols is 1. The van der Waals surface area contributed by atoms with Crippen LogP contribution in [-0.2, 0) is 11.2 Å². The minimum absolute atomic E-state index is 0.403. The van der Waals surface area contributed by atoms with E-state index in [1.807, 2.05) is 6.07 Å². The van der Waals surface area contributed by atoms with Gasteiger partial charge in [-0.2, -0.15) is 0 Å². The Morgan fingerprint density at radius 2 is 2.17 bits per heavy atom. The number of nitrogens with one attached hydrogen (secondary N) is 1. The Bertz CT molecular complexity index is 474. The van der Waals surface area contributed by atoms with Gasteiger partial charge in [0.05, 0.1) is 12.2 Å². The maximum atomic E-state index is 9.86. The Morgan fingerprint density at radius 3 is 2.94 bits per heavy atom. The van der Waals surface area contributed by atoms with E-state index in [1.54, 1.807) is 6.07 Å². The molecule has 3 heteroatoms. The zero-order valence-corrected chi connectivity index (χ0v) is 10.4. The first-order valence-corrected chi connectivity index (χ1v) is 7.03. The summed E-state index contributed by atoms with van der Waals surface area (Å²) in [5.41, 5.74) is 2.43. The normalized spacial score (nSPS) is 37.1. The number of phenolic OH excluding ortho intramolecular Hbond substituents is 1. The number of fused-ring (bicyclic) bond motifs is 3. The second-order valence-corrected chi connectivity index (χ2v) is 5.82. The van der Waals surface area contributed by atoms with Gasteiger partial charge < -0.3 is 15.2 Å². The Balaban J connectivity index is 1.53. The third-order valence-electron chi connectivity index (χ3n) is 4.77. The maximum Gasteiger partial charge on any atom is 0.119 e. The summed E-state index contributed by atoms with van der Waals surface area (Å²) in [6.45, 7) is 0. The first-order valence-electron chi connectivity index (χ1n) is 7.03. The molecule has 2 fully saturated rings. The quantitative estimate of drug-likeness (QED) is 0.840. The molecule has 2 saturated heterocycles. The monoisotopic (exact) mass is 245 g/mol. The molecule has 1 aromatic rings. The van der Waals surface area contributed by atoms with Crippen LogP contribution in [0.3, 0.4) is 0 Å². The fraction of sp³-hybridized carbons (Fsp3) is 0.600. The summed E-state index contributed by atoms with van der Waals surface area (Å²) in [7, 11) is 0. The van der Waals surface area contributed by atoms with Crippen molar-refractivity contribution in [1.82, 2.24) is 5.32 Å². The van der Waals surface area contributed by atoms with E-state index in [-0.39, 0.29) is 0 Å². The molecule has 0 aromatic heterocycles. The van der Waals surface area contributed by atoms with Crippen molar-refractivity contribution >= 4 is 0 Å². The highest BCUT2D eigenvalue weighted by molar-refractivity contribution is 5.44. The average Bonchev–Trinajstić information content (AvgIpc) is 3.05. The molecule has 2 bridgehead atoms. The van der Waals surface area contributed by atoms with Gasteiger partial charge in [-0.1, -0.05) is 12.1 Å². The van der Waals surface area contributed by atoms with Gasteiger partial charge in [0, 0.05) is 12.1 Å². The van der Waals surface area contributed by atoms with Crippen molar-refractivity contribution in [2.24, 2.45) is 0 Å². The lowest BCUT2D eigenvalue weighted by Crippen LogP contribution is -2.39. The number of aromatic hydroxyl groups is 1. The molecule has 1 aromatic carbocycles. The number of rotatable bonds is 2. The molecule has 0 spiro atoms. The molecular weight excluding hydrogens is 226 g/mol. The lowest BCUT2D eigenvalue weighted by atomic mass is 9.94. The summed E-state index contributed by atoms with van der Waals surface area (Å²) >= 11 is 0. The van der Waals surface area contributed by atoms with Gasteiger partial charge in [-0.3, -0.25) is 0 Å². The molecular formula is C15H19NO2. The van der Waals surface area contributed by atoms with Crippen LogP contribution in [0.1, 0.15) is 42.9 Å². The molecule has 4 rings (SSSR count). The molecule has 4 unspecified atom stereocenters. The summed E-state index contributed by atoms with van der Waals surface area (Å²) in [4.78, 5) is 0. The largest absolute Gasteiger partial charge is 0.508 e. The van der Waals surface area contributed by atoms with Crippen LogP contribution >= 0.6 is 0 Å². The predicted molar refractivity (Wildman–Crippen MR) is 68.6 cm³/mol. The minimum Gasteiger partial charge on any atom is -0.508 e. The van der Waals surface area contributed by atoms with E-state index < -0.39 is 0 Å². The van der Waals surface area contributed by atoms with Crippen molar-refractivity contribution in [2.45, 2.75) is 56.4 Å². The molecule has 18 heavy (non-hydrogen) atoms. The van der Waals surface area contributed by atoms with E-state index in [4.69, 9.17) is 4.74 Å². The highest BCUT2D eigenvalue weighted by Crippen LogP contribution is 2.40. The maximum absolute atomic E-state index is 9.86. The van der Waals surface area contributed by atoms with Gasteiger partial charge in [-0.05, 0) is 49.3 Å². The van der Waals surface area contributed by atoms with Crippen LogP contribution in [0.5, 0.6) is 5.75 Å². The van der Waals surface area contributed by atoms with Gasteiger partial charge in [-0.25, -0.2) is 0 Å². The molecule has 1 aliphatic carbocycles. The fourth-order valence-electron chi connectivity index (χ4n) is 3.88. The van der Waals surface area contributed by atoms with Gasteiger partial charge in [0.2, 0.25) is 0 Å². The molecule has 4 atom stereocenters. The van der Waals surface area contributed by atoms with E-state index >= 15 is 0 Å². The third-order valence-corrected chi connectivity index (χ3v) is 4.77. The number of benzene rings is 1. The number of hydrogen-bond donors (Lipinski definition) is 2. The zero-order valence-electron chi connectivity index (χ0n) is 10.4. The minimum atomic E-state index is 0.403. The first-order chi connectivity index (χ1) is 8.81.